The molecule has 38 heavy (non-hydrogen) atoms. The number of carbonyl (C=O) groups is 2. The van der Waals surface area contributed by atoms with Crippen LogP contribution < -0.4 is 19.3 Å². The predicted molar refractivity (Wildman–Crippen MR) is 145 cm³/mol. The number of anilines is 2. The second-order valence-electron chi connectivity index (χ2n) is 9.21. The summed E-state index contributed by atoms with van der Waals surface area (Å²) in [7, 11) is 1.91. The van der Waals surface area contributed by atoms with Crippen LogP contribution in [-0.2, 0) is 9.59 Å². The van der Waals surface area contributed by atoms with Gasteiger partial charge in [0, 0.05) is 23.3 Å². The lowest BCUT2D eigenvalue weighted by atomic mass is 9.94. The number of benzene rings is 3. The fourth-order valence-electron chi connectivity index (χ4n) is 4.86. The maximum Gasteiger partial charge on any atom is 0.300 e. The quantitative estimate of drug-likeness (QED) is 0.263. The molecule has 0 bridgehead atoms. The van der Waals surface area contributed by atoms with Crippen LogP contribution >= 0.6 is 11.6 Å². The van der Waals surface area contributed by atoms with E-state index in [1.807, 2.05) is 18.9 Å². The Morgan fingerprint density at radius 1 is 1.11 bits per heavy atom. The molecule has 1 unspecified atom stereocenters. The lowest BCUT2D eigenvalue weighted by Crippen LogP contribution is -2.30. The molecule has 2 aliphatic rings. The van der Waals surface area contributed by atoms with Crippen LogP contribution in [0.2, 0.25) is 5.02 Å². The monoisotopic (exact) mass is 534 g/mol. The summed E-state index contributed by atoms with van der Waals surface area (Å²) in [6.45, 7) is 5.11. The number of ketones is 1. The van der Waals surface area contributed by atoms with Crippen LogP contribution in [0, 0.1) is 6.92 Å². The molecule has 2 N–H and O–H groups in total. The zero-order valence-corrected chi connectivity index (χ0v) is 22.0. The number of amides is 1. The van der Waals surface area contributed by atoms with Crippen molar-refractivity contribution in [1.29, 1.82) is 0 Å². The second-order valence-corrected chi connectivity index (χ2v) is 9.65. The van der Waals surface area contributed by atoms with E-state index in [0.717, 1.165) is 11.3 Å². The molecule has 1 amide bonds. The number of aryl methyl sites for hydroxylation is 1. The number of carbonyl (C=O) groups excluding carboxylic acids is 2. The number of halogens is 1. The molecule has 1 saturated heterocycles. The highest BCUT2D eigenvalue weighted by Crippen LogP contribution is 2.46. The van der Waals surface area contributed by atoms with Crippen molar-refractivity contribution in [3.63, 3.8) is 0 Å². The number of phenolic OH excluding ortho intramolecular Hbond substituents is 1. The van der Waals surface area contributed by atoms with Crippen LogP contribution in [0.1, 0.15) is 29.7 Å². The van der Waals surface area contributed by atoms with Crippen LogP contribution in [0.3, 0.4) is 0 Å². The van der Waals surface area contributed by atoms with Gasteiger partial charge in [-0.05, 0) is 67.4 Å². The van der Waals surface area contributed by atoms with Gasteiger partial charge >= 0.3 is 0 Å². The second kappa shape index (κ2) is 9.95. The molecule has 2 heterocycles. The van der Waals surface area contributed by atoms with Gasteiger partial charge in [0.25, 0.3) is 11.7 Å². The molecule has 1 atom stereocenters. The fourth-order valence-corrected chi connectivity index (χ4v) is 5.03. The van der Waals surface area contributed by atoms with E-state index in [0.29, 0.717) is 47.3 Å². The summed E-state index contributed by atoms with van der Waals surface area (Å²) in [6.07, 6.45) is 0. The number of aromatic hydroxyl groups is 1. The van der Waals surface area contributed by atoms with Gasteiger partial charge in [-0.25, -0.2) is 0 Å². The maximum absolute atomic E-state index is 13.6. The molecule has 3 aromatic carbocycles. The average molecular weight is 535 g/mol. The van der Waals surface area contributed by atoms with Gasteiger partial charge in [-0.15, -0.1) is 0 Å². The van der Waals surface area contributed by atoms with E-state index >= 15 is 0 Å². The van der Waals surface area contributed by atoms with E-state index in [9.17, 15) is 19.8 Å². The molecule has 9 heteroatoms. The highest BCUT2D eigenvalue weighted by atomic mass is 35.5. The molecule has 5 rings (SSSR count). The summed E-state index contributed by atoms with van der Waals surface area (Å²) in [5, 5.41) is 22.2. The summed E-state index contributed by atoms with van der Waals surface area (Å²) < 4.78 is 11.3. The summed E-state index contributed by atoms with van der Waals surface area (Å²) in [6, 6.07) is 13.8. The Balaban J connectivity index is 1.74. The number of Topliss-reactive ketones (excluding diaryl/α,β-unsaturated/α-hetero) is 1. The molecule has 0 radical (unpaired) electrons. The maximum atomic E-state index is 13.6. The molecule has 0 aromatic heterocycles. The van der Waals surface area contributed by atoms with Crippen molar-refractivity contribution in [2.75, 3.05) is 36.6 Å². The highest BCUT2D eigenvalue weighted by Gasteiger charge is 2.47. The number of hydrogen-bond donors (Lipinski definition) is 2. The number of hydrogen-bond acceptors (Lipinski definition) is 7. The first-order valence-corrected chi connectivity index (χ1v) is 12.6. The van der Waals surface area contributed by atoms with Crippen LogP contribution in [0.25, 0.3) is 5.76 Å². The van der Waals surface area contributed by atoms with Crippen molar-refractivity contribution in [3.05, 3.63) is 81.9 Å². The Hall–Kier alpha value is -4.17. The lowest BCUT2D eigenvalue weighted by Gasteiger charge is -2.29. The Labute approximate surface area is 225 Å². The number of nitrogens with zero attached hydrogens (tertiary/aromatic N) is 2. The molecule has 8 nitrogen and oxygen atoms in total. The number of likely N-dealkylation sites (N-methyl/N-ethyl adjacent to an activating group) is 1. The average Bonchev–Trinajstić information content (AvgIpc) is 3.16. The van der Waals surface area contributed by atoms with Crippen LogP contribution in [-0.4, -0.2) is 48.7 Å². The first-order valence-electron chi connectivity index (χ1n) is 12.2. The van der Waals surface area contributed by atoms with Gasteiger partial charge < -0.3 is 24.6 Å². The smallest absolute Gasteiger partial charge is 0.300 e. The first kappa shape index (κ1) is 25.5. The van der Waals surface area contributed by atoms with Crippen molar-refractivity contribution in [2.24, 2.45) is 0 Å². The fraction of sp³-hybridized carbons (Fsp3) is 0.241. The molecule has 2 aliphatic heterocycles. The van der Waals surface area contributed by atoms with Crippen LogP contribution in [0.4, 0.5) is 11.4 Å². The zero-order chi connectivity index (χ0) is 27.1. The summed E-state index contributed by atoms with van der Waals surface area (Å²) in [4.78, 5) is 30.4. The van der Waals surface area contributed by atoms with Gasteiger partial charge in [-0.2, -0.15) is 0 Å². The lowest BCUT2D eigenvalue weighted by molar-refractivity contribution is -0.132. The topological polar surface area (TPSA) is 99.5 Å². The molecule has 0 spiro atoms. The van der Waals surface area contributed by atoms with E-state index in [-0.39, 0.29) is 22.8 Å². The van der Waals surface area contributed by atoms with Crippen molar-refractivity contribution < 1.29 is 29.3 Å². The third-order valence-corrected chi connectivity index (χ3v) is 7.04. The Kier molecular flexibility index (Phi) is 6.67. The van der Waals surface area contributed by atoms with Gasteiger partial charge in [0.1, 0.15) is 18.1 Å². The summed E-state index contributed by atoms with van der Waals surface area (Å²) >= 11 is 6.28. The summed E-state index contributed by atoms with van der Waals surface area (Å²) in [5.74, 6) is -1.16. The number of aliphatic hydroxyl groups is 1. The largest absolute Gasteiger partial charge is 0.507 e. The molecule has 1 fully saturated rings. The minimum absolute atomic E-state index is 0.0794. The van der Waals surface area contributed by atoms with Gasteiger partial charge in [0.15, 0.2) is 11.5 Å². The van der Waals surface area contributed by atoms with Gasteiger partial charge in [0.05, 0.1) is 30.5 Å². The number of rotatable bonds is 5. The first-order chi connectivity index (χ1) is 18.2. The SMILES string of the molecule is CCOc1cc(C2/C(=C(\O)c3ccc4c(c3)N(C)CCO4)C(=O)C(=O)N2c2cc(Cl)ccc2C)ccc1O. The zero-order valence-electron chi connectivity index (χ0n) is 21.2. The number of ether oxygens (including phenoxy) is 2. The van der Waals surface area contributed by atoms with E-state index in [1.165, 1.54) is 11.0 Å². The Morgan fingerprint density at radius 2 is 1.89 bits per heavy atom. The van der Waals surface area contributed by atoms with E-state index in [1.54, 1.807) is 55.5 Å². The standard InChI is InChI=1S/C29H27ClN2O6/c1-4-37-24-14-17(6-9-22(24)33)26-25(27(34)18-7-10-23-21(13-18)31(3)11-12-38-23)28(35)29(36)32(26)20-15-19(30)8-5-16(20)2/h5-10,13-15,26,33-34H,4,11-12H2,1-3H3/b27-25+. The third kappa shape index (κ3) is 4.31. The third-order valence-electron chi connectivity index (χ3n) is 6.80. The number of phenols is 1. The van der Waals surface area contributed by atoms with E-state index < -0.39 is 17.7 Å². The Morgan fingerprint density at radius 3 is 2.66 bits per heavy atom. The van der Waals surface area contributed by atoms with Crippen molar-refractivity contribution in [3.8, 4) is 17.2 Å². The predicted octanol–water partition coefficient (Wildman–Crippen LogP) is 5.21. The minimum atomic E-state index is -1.00. The minimum Gasteiger partial charge on any atom is -0.507 e. The van der Waals surface area contributed by atoms with Gasteiger partial charge in [-0.1, -0.05) is 23.7 Å². The summed E-state index contributed by atoms with van der Waals surface area (Å²) in [5.41, 5.74) is 2.69. The number of fused-ring (bicyclic) bond motifs is 1. The molecular formula is C29H27ClN2O6. The van der Waals surface area contributed by atoms with E-state index in [4.69, 9.17) is 21.1 Å². The van der Waals surface area contributed by atoms with Gasteiger partial charge in [-0.3, -0.25) is 14.5 Å². The van der Waals surface area contributed by atoms with Gasteiger partial charge in [0.2, 0.25) is 0 Å². The molecule has 0 saturated carbocycles. The van der Waals surface area contributed by atoms with Crippen LogP contribution in [0.5, 0.6) is 17.2 Å². The molecule has 196 valence electrons. The molecule has 3 aromatic rings. The van der Waals surface area contributed by atoms with Crippen molar-refractivity contribution in [1.82, 2.24) is 0 Å². The Bertz CT molecular complexity index is 1480. The van der Waals surface area contributed by atoms with E-state index in [2.05, 4.69) is 0 Å². The molecular weight excluding hydrogens is 508 g/mol. The van der Waals surface area contributed by atoms with Crippen LogP contribution in [0.15, 0.2) is 60.2 Å². The number of aliphatic hydroxyl groups excluding tert-OH is 1. The van der Waals surface area contributed by atoms with Crippen molar-refractivity contribution in [2.45, 2.75) is 19.9 Å². The normalized spacial score (nSPS) is 18.4. The van der Waals surface area contributed by atoms with Crippen molar-refractivity contribution >= 4 is 40.4 Å². The molecule has 0 aliphatic carbocycles. The highest BCUT2D eigenvalue weighted by molar-refractivity contribution is 6.52.